The Morgan fingerprint density at radius 3 is 2.46 bits per heavy atom. The van der Waals surface area contributed by atoms with Crippen LogP contribution in [0, 0.1) is 0 Å². The first-order chi connectivity index (χ1) is 24.2. The minimum absolute atomic E-state index is 0. The highest BCUT2D eigenvalue weighted by Gasteiger charge is 2.44. The zero-order valence-electron chi connectivity index (χ0n) is 29.6. The highest BCUT2D eigenvalue weighted by Crippen LogP contribution is 2.36. The van der Waals surface area contributed by atoms with Gasteiger partial charge in [-0.15, -0.1) is 24.2 Å². The summed E-state index contributed by atoms with van der Waals surface area (Å²) in [6.45, 7) is 6.65. The van der Waals surface area contributed by atoms with Crippen molar-refractivity contribution in [3.63, 3.8) is 0 Å². The van der Waals surface area contributed by atoms with Crippen LogP contribution in [0.25, 0.3) is 39.1 Å². The highest BCUT2D eigenvalue weighted by molar-refractivity contribution is 8.00. The lowest BCUT2D eigenvalue weighted by molar-refractivity contribution is -0.132. The molecule has 2 aliphatic heterocycles. The van der Waals surface area contributed by atoms with Gasteiger partial charge in [0.2, 0.25) is 17.7 Å². The lowest BCUT2D eigenvalue weighted by Crippen LogP contribution is -2.45. The van der Waals surface area contributed by atoms with Crippen LogP contribution in [0.4, 0.5) is 5.69 Å². The van der Waals surface area contributed by atoms with Gasteiger partial charge in [-0.05, 0) is 68.3 Å². The predicted octanol–water partition coefficient (Wildman–Crippen LogP) is 4.87. The molecule has 0 radical (unpaired) electrons. The molecule has 0 spiro atoms. The molecule has 2 amide bonds. The van der Waals surface area contributed by atoms with Gasteiger partial charge in [-0.25, -0.2) is 9.97 Å². The van der Waals surface area contributed by atoms with Crippen LogP contribution in [0.5, 0.6) is 5.88 Å². The summed E-state index contributed by atoms with van der Waals surface area (Å²) in [6, 6.07) is 17.8. The summed E-state index contributed by atoms with van der Waals surface area (Å²) in [4.78, 5) is 40.0. The lowest BCUT2D eigenvalue weighted by atomic mass is 9.98. The molecule has 3 aromatic heterocycles. The second kappa shape index (κ2) is 16.3. The molecule has 52 heavy (non-hydrogen) atoms. The van der Waals surface area contributed by atoms with E-state index in [0.29, 0.717) is 56.5 Å². The number of pyridine rings is 1. The Morgan fingerprint density at radius 1 is 1.04 bits per heavy atom. The number of carbonyl (C=O) groups is 2. The summed E-state index contributed by atoms with van der Waals surface area (Å²) >= 11 is 1.55. The monoisotopic (exact) mass is 745 g/mol. The van der Waals surface area contributed by atoms with Gasteiger partial charge in [0.15, 0.2) is 5.82 Å². The van der Waals surface area contributed by atoms with Crippen LogP contribution in [0.2, 0.25) is 0 Å². The molecule has 4 N–H and O–H groups in total. The number of hydrogen-bond donors (Lipinski definition) is 2. The molecule has 1 saturated heterocycles. The fourth-order valence-corrected chi connectivity index (χ4v) is 7.42. The van der Waals surface area contributed by atoms with E-state index in [2.05, 4.69) is 53.7 Å². The van der Waals surface area contributed by atoms with Gasteiger partial charge < -0.3 is 20.4 Å². The van der Waals surface area contributed by atoms with Gasteiger partial charge in [-0.2, -0.15) is 10.2 Å². The number of ether oxygens (including phenoxy) is 1. The Morgan fingerprint density at radius 2 is 1.81 bits per heavy atom. The predicted molar refractivity (Wildman–Crippen MR) is 207 cm³/mol. The molecule has 0 bridgehead atoms. The Hall–Kier alpha value is -4.76. The van der Waals surface area contributed by atoms with Crippen molar-refractivity contribution in [1.82, 2.24) is 39.7 Å². The number of hydrogen-bond acceptors (Lipinski definition) is 9. The van der Waals surface area contributed by atoms with Gasteiger partial charge in [0.05, 0.1) is 18.2 Å². The zero-order valence-corrected chi connectivity index (χ0v) is 31.3. The Labute approximate surface area is 312 Å². The van der Waals surface area contributed by atoms with Crippen LogP contribution in [-0.4, -0.2) is 107 Å². The number of nitrogens with zero attached hydrogens (tertiary/aromatic N) is 7. The molecule has 0 saturated carbocycles. The van der Waals surface area contributed by atoms with Gasteiger partial charge in [-0.1, -0.05) is 30.3 Å². The topological polar surface area (TPSA) is 166 Å². The first-order valence-electron chi connectivity index (χ1n) is 16.8. The quantitative estimate of drug-likeness (QED) is 0.203. The molecule has 0 aliphatic carbocycles. The fourth-order valence-electron chi connectivity index (χ4n) is 6.58. The molecule has 2 aromatic carbocycles. The number of nitrogens with one attached hydrogen (secondary N) is 2. The third kappa shape index (κ3) is 8.15. The van der Waals surface area contributed by atoms with Crippen molar-refractivity contribution >= 4 is 58.1 Å². The van der Waals surface area contributed by atoms with Crippen molar-refractivity contribution in [3.8, 4) is 28.5 Å². The van der Waals surface area contributed by atoms with Crippen LogP contribution in [0.15, 0.2) is 73.2 Å². The largest absolute Gasteiger partial charge is 0.475 e. The van der Waals surface area contributed by atoms with Crippen molar-refractivity contribution in [2.75, 3.05) is 44.3 Å². The third-order valence-electron chi connectivity index (χ3n) is 9.34. The van der Waals surface area contributed by atoms with E-state index in [-0.39, 0.29) is 35.8 Å². The number of amides is 2. The number of halogens is 1. The van der Waals surface area contributed by atoms with E-state index in [1.54, 1.807) is 29.0 Å². The first kappa shape index (κ1) is 38.5. The van der Waals surface area contributed by atoms with Crippen molar-refractivity contribution < 1.29 is 19.8 Å². The van der Waals surface area contributed by atoms with Crippen molar-refractivity contribution in [2.24, 2.45) is 7.05 Å². The molecule has 7 rings (SSSR count). The maximum absolute atomic E-state index is 13.8. The molecule has 274 valence electrons. The van der Waals surface area contributed by atoms with Gasteiger partial charge in [0.1, 0.15) is 16.8 Å². The molecule has 1 atom stereocenters. The Balaban J connectivity index is 0.00000261. The van der Waals surface area contributed by atoms with Gasteiger partial charge in [-0.3, -0.25) is 24.3 Å². The van der Waals surface area contributed by atoms with Crippen LogP contribution in [-0.2, 0) is 16.6 Å². The van der Waals surface area contributed by atoms with E-state index in [0.717, 1.165) is 39.7 Å². The second-order valence-electron chi connectivity index (χ2n) is 13.1. The van der Waals surface area contributed by atoms with Crippen molar-refractivity contribution in [1.29, 1.82) is 0 Å². The number of aromatic amines is 1. The Kier molecular flexibility index (Phi) is 12.0. The molecule has 1 fully saturated rings. The van der Waals surface area contributed by atoms with Crippen molar-refractivity contribution in [3.05, 3.63) is 78.8 Å². The number of fused-ring (bicyclic) bond motifs is 1. The number of carbonyl (C=O) groups excluding carboxylic acids is 2. The van der Waals surface area contributed by atoms with Gasteiger partial charge in [0.25, 0.3) is 0 Å². The fraction of sp³-hybridized carbons (Fsp3) is 0.351. The molecule has 5 aromatic rings. The molecule has 2 aliphatic rings. The van der Waals surface area contributed by atoms with E-state index in [1.165, 1.54) is 5.57 Å². The number of anilines is 1. The van der Waals surface area contributed by atoms with Gasteiger partial charge in [0, 0.05) is 67.7 Å². The van der Waals surface area contributed by atoms with E-state index < -0.39 is 4.75 Å². The summed E-state index contributed by atoms with van der Waals surface area (Å²) in [5, 5.41) is 16.0. The molecule has 5 heterocycles. The van der Waals surface area contributed by atoms with E-state index in [9.17, 15) is 9.59 Å². The average Bonchev–Trinajstić information content (AvgIpc) is 3.87. The first-order valence-corrected chi connectivity index (χ1v) is 18.1. The third-order valence-corrected chi connectivity index (χ3v) is 10.6. The molecular formula is C37H44ClN9O4S. The van der Waals surface area contributed by atoms with Crippen LogP contribution in [0.1, 0.15) is 32.3 Å². The molecule has 15 heteroatoms. The number of H-pyrrole nitrogens is 1. The zero-order chi connectivity index (χ0) is 34.8. The van der Waals surface area contributed by atoms with Crippen molar-refractivity contribution in [2.45, 2.75) is 37.5 Å². The molecule has 0 unspecified atom stereocenters. The van der Waals surface area contributed by atoms with Crippen LogP contribution in [0.3, 0.4) is 0 Å². The smallest absolute Gasteiger partial charge is 0.241 e. The minimum atomic E-state index is -0.656. The number of aromatic nitrogens is 6. The van der Waals surface area contributed by atoms with E-state index >= 15 is 0 Å². The highest BCUT2D eigenvalue weighted by atomic mass is 35.5. The average molecular weight is 746 g/mol. The van der Waals surface area contributed by atoms with Gasteiger partial charge >= 0.3 is 0 Å². The maximum Gasteiger partial charge on any atom is 0.241 e. The van der Waals surface area contributed by atoms with Crippen LogP contribution >= 0.6 is 24.2 Å². The number of likely N-dealkylation sites (tertiary alicyclic amines) is 1. The summed E-state index contributed by atoms with van der Waals surface area (Å²) in [6.07, 6.45) is 9.05. The summed E-state index contributed by atoms with van der Waals surface area (Å²) in [7, 11) is 1.86. The minimum Gasteiger partial charge on any atom is -0.475 e. The van der Waals surface area contributed by atoms with Crippen LogP contribution < -0.4 is 10.1 Å². The second-order valence-corrected chi connectivity index (χ2v) is 14.3. The van der Waals surface area contributed by atoms with E-state index in [1.807, 2.05) is 74.5 Å². The number of benzene rings is 2. The number of rotatable bonds is 10. The maximum atomic E-state index is 13.8. The molecular weight excluding hydrogens is 702 g/mol. The SMILES string of the molecule is CS[C@@]1(C(=O)Nc2ccc3[nH]nc(-c4ccc(OC(C)C)nc4)c3c2)CCN(CC(=O)N2CC=C(c3ccc(-c4ncn(C)n4)cc3)CC2)C1.Cl.O. The standard InChI is InChI=1S/C37H41N9O3S.ClH.H2O/c1-24(2)49-32-12-9-28(20-38-32)34-30-19-29(10-11-31(30)41-42-34)40-36(48)37(50-4)15-18-45(22-37)21-33(47)46-16-13-26(14-17-46)25-5-7-27(8-6-25)35-39-23-44(3)43-35;;/h5-13,19-20,23-24H,14-18,21-22H2,1-4H3,(H,40,48)(H,41,42);1H;1H2/t37-;;/m0../s1. The molecule has 13 nitrogen and oxygen atoms in total. The summed E-state index contributed by atoms with van der Waals surface area (Å²) < 4.78 is 6.72. The number of thioether (sulfide) groups is 1. The van der Waals surface area contributed by atoms with E-state index in [4.69, 9.17) is 4.74 Å². The number of aryl methyl sites for hydroxylation is 1. The lowest BCUT2D eigenvalue weighted by Gasteiger charge is -2.29. The summed E-state index contributed by atoms with van der Waals surface area (Å²) in [5.41, 5.74) is 6.52. The Bertz CT molecular complexity index is 2050. The normalized spacial score (nSPS) is 17.4. The summed E-state index contributed by atoms with van der Waals surface area (Å²) in [5.74, 6) is 1.30.